The summed E-state index contributed by atoms with van der Waals surface area (Å²) in [4.78, 5) is 19.8. The van der Waals surface area contributed by atoms with Crippen molar-refractivity contribution in [1.82, 2.24) is 19.3 Å². The van der Waals surface area contributed by atoms with Gasteiger partial charge in [-0.1, -0.05) is 35.9 Å². The maximum absolute atomic E-state index is 14.4. The topological polar surface area (TPSA) is 31.7 Å². The van der Waals surface area contributed by atoms with Crippen LogP contribution in [0, 0.1) is 12.7 Å². The number of piperazine rings is 1. The van der Waals surface area contributed by atoms with E-state index in [1.54, 1.807) is 12.1 Å². The Balaban J connectivity index is 1.31. The number of carbonyl (C=O) groups is 1. The monoisotopic (exact) mass is 496 g/mol. The first-order valence-electron chi connectivity index (χ1n) is 12.6. The van der Waals surface area contributed by atoms with Gasteiger partial charge in [-0.05, 0) is 69.6 Å². The minimum absolute atomic E-state index is 0.156. The number of amides is 1. The molecule has 7 heteroatoms. The minimum atomic E-state index is -0.195. The van der Waals surface area contributed by atoms with Crippen molar-refractivity contribution >= 4 is 28.4 Å². The average molecular weight is 497 g/mol. The van der Waals surface area contributed by atoms with E-state index in [1.165, 1.54) is 17.0 Å². The molecule has 0 atom stereocenters. The lowest BCUT2D eigenvalue weighted by Gasteiger charge is -2.33. The molecule has 3 heterocycles. The van der Waals surface area contributed by atoms with Crippen LogP contribution in [0.5, 0.6) is 0 Å². The molecule has 0 aliphatic carbocycles. The second-order valence-corrected chi connectivity index (χ2v) is 10.4. The summed E-state index contributed by atoms with van der Waals surface area (Å²) < 4.78 is 16.6. The number of likely N-dealkylation sites (tertiary alicyclic amines) is 1. The Kier molecular flexibility index (Phi) is 7.14. The van der Waals surface area contributed by atoms with E-state index in [9.17, 15) is 9.18 Å². The molecule has 5 nitrogen and oxygen atoms in total. The average Bonchev–Trinajstić information content (AvgIpc) is 3.11. The van der Waals surface area contributed by atoms with Crippen LogP contribution in [0.4, 0.5) is 4.39 Å². The van der Waals surface area contributed by atoms with Gasteiger partial charge >= 0.3 is 0 Å². The zero-order valence-corrected chi connectivity index (χ0v) is 21.4. The van der Waals surface area contributed by atoms with E-state index < -0.39 is 0 Å². The Hall–Kier alpha value is -2.41. The molecule has 1 amide bonds. The van der Waals surface area contributed by atoms with Gasteiger partial charge in [0.05, 0.1) is 0 Å². The zero-order valence-electron chi connectivity index (χ0n) is 20.6. The summed E-state index contributed by atoms with van der Waals surface area (Å²) >= 11 is 6.33. The van der Waals surface area contributed by atoms with E-state index in [0.717, 1.165) is 69.9 Å². The molecule has 186 valence electrons. The van der Waals surface area contributed by atoms with E-state index in [0.29, 0.717) is 17.1 Å². The van der Waals surface area contributed by atoms with Crippen molar-refractivity contribution in [2.75, 3.05) is 46.3 Å². The number of rotatable bonds is 5. The Morgan fingerprint density at radius 2 is 1.71 bits per heavy atom. The number of benzene rings is 2. The summed E-state index contributed by atoms with van der Waals surface area (Å²) in [6.07, 6.45) is 1.78. The fraction of sp³-hybridized carbons (Fsp3) is 0.464. The number of aromatic nitrogens is 1. The molecule has 0 bridgehead atoms. The lowest BCUT2D eigenvalue weighted by molar-refractivity contribution is -0.133. The first-order valence-corrected chi connectivity index (χ1v) is 13.0. The molecule has 2 aromatic carbocycles. The maximum atomic E-state index is 14.4. The van der Waals surface area contributed by atoms with Gasteiger partial charge in [-0.15, -0.1) is 0 Å². The third-order valence-electron chi connectivity index (χ3n) is 7.89. The van der Waals surface area contributed by atoms with Gasteiger partial charge in [0.15, 0.2) is 0 Å². The van der Waals surface area contributed by atoms with Gasteiger partial charge in [0.2, 0.25) is 5.91 Å². The van der Waals surface area contributed by atoms with Crippen LogP contribution in [0.3, 0.4) is 0 Å². The first kappa shape index (κ1) is 24.3. The largest absolute Gasteiger partial charge is 0.339 e. The molecule has 35 heavy (non-hydrogen) atoms. The Morgan fingerprint density at radius 1 is 1.00 bits per heavy atom. The van der Waals surface area contributed by atoms with Crippen molar-refractivity contribution in [3.63, 3.8) is 0 Å². The second-order valence-electron chi connectivity index (χ2n) is 10.0. The lowest BCUT2D eigenvalue weighted by atomic mass is 9.89. The maximum Gasteiger partial charge on any atom is 0.242 e. The third-order valence-corrected chi connectivity index (χ3v) is 8.22. The number of carbonyl (C=O) groups excluding carboxylic acids is 1. The van der Waals surface area contributed by atoms with Gasteiger partial charge in [-0.25, -0.2) is 4.39 Å². The van der Waals surface area contributed by atoms with E-state index >= 15 is 0 Å². The number of hydrogen-bond acceptors (Lipinski definition) is 3. The van der Waals surface area contributed by atoms with Crippen LogP contribution in [0.15, 0.2) is 42.5 Å². The first-order chi connectivity index (χ1) is 16.9. The van der Waals surface area contributed by atoms with Crippen molar-refractivity contribution in [2.45, 2.75) is 38.8 Å². The Morgan fingerprint density at radius 3 is 2.43 bits per heavy atom. The standard InChI is InChI=1S/C28H34ClFN4O/c1-20-23(18-32-12-10-21(11-13-32)28-24(29)7-5-8-25(28)30)22-6-3-4-9-26(22)34(20)19-27(35)33-16-14-31(2)15-17-33/h3-9,21H,10-19H2,1-2H3. The summed E-state index contributed by atoms with van der Waals surface area (Å²) in [5.74, 6) is 0.152. The molecule has 2 aliphatic rings. The highest BCUT2D eigenvalue weighted by atomic mass is 35.5. The molecule has 1 aromatic heterocycles. The quantitative estimate of drug-likeness (QED) is 0.503. The molecule has 3 aromatic rings. The summed E-state index contributed by atoms with van der Waals surface area (Å²) in [6.45, 7) is 8.58. The molecule has 0 radical (unpaired) electrons. The van der Waals surface area contributed by atoms with Crippen molar-refractivity contribution in [3.8, 4) is 0 Å². The number of fused-ring (bicyclic) bond motifs is 1. The molecule has 5 rings (SSSR count). The van der Waals surface area contributed by atoms with Gasteiger partial charge in [0, 0.05) is 59.9 Å². The fourth-order valence-electron chi connectivity index (χ4n) is 5.70. The fourth-order valence-corrected chi connectivity index (χ4v) is 6.02. The molecule has 0 unspecified atom stereocenters. The predicted octanol–water partition coefficient (Wildman–Crippen LogP) is 4.90. The summed E-state index contributed by atoms with van der Waals surface area (Å²) in [5, 5.41) is 1.75. The predicted molar refractivity (Wildman–Crippen MR) is 139 cm³/mol. The third kappa shape index (κ3) is 4.97. The van der Waals surface area contributed by atoms with Crippen LogP contribution in [-0.4, -0.2) is 71.5 Å². The number of likely N-dealkylation sites (N-methyl/N-ethyl adjacent to an activating group) is 1. The second kappa shape index (κ2) is 10.3. The Labute approximate surface area is 212 Å². The highest BCUT2D eigenvalue weighted by Crippen LogP contribution is 2.36. The van der Waals surface area contributed by atoms with Gasteiger partial charge in [-0.3, -0.25) is 9.69 Å². The molecule has 0 saturated carbocycles. The highest BCUT2D eigenvalue weighted by molar-refractivity contribution is 6.31. The van der Waals surface area contributed by atoms with Crippen LogP contribution in [0.2, 0.25) is 5.02 Å². The lowest BCUT2D eigenvalue weighted by Crippen LogP contribution is -2.48. The van der Waals surface area contributed by atoms with Crippen LogP contribution in [-0.2, 0) is 17.9 Å². The summed E-state index contributed by atoms with van der Waals surface area (Å²) in [5.41, 5.74) is 4.24. The Bertz CT molecular complexity index is 1190. The van der Waals surface area contributed by atoms with Crippen molar-refractivity contribution < 1.29 is 9.18 Å². The number of hydrogen-bond donors (Lipinski definition) is 0. The molecular weight excluding hydrogens is 463 g/mol. The summed E-state index contributed by atoms with van der Waals surface area (Å²) in [6, 6.07) is 13.4. The molecule has 2 aliphatic heterocycles. The van der Waals surface area contributed by atoms with Crippen molar-refractivity contribution in [1.29, 1.82) is 0 Å². The van der Waals surface area contributed by atoms with E-state index in [2.05, 4.69) is 46.5 Å². The van der Waals surface area contributed by atoms with E-state index in [1.807, 2.05) is 11.0 Å². The zero-order chi connectivity index (χ0) is 24.5. The normalized spacial score (nSPS) is 18.5. The molecular formula is C28H34ClFN4O. The number of piperidine rings is 1. The molecule has 2 saturated heterocycles. The number of nitrogens with zero attached hydrogens (tertiary/aromatic N) is 4. The van der Waals surface area contributed by atoms with Gasteiger partial charge < -0.3 is 14.4 Å². The van der Waals surface area contributed by atoms with Crippen LogP contribution < -0.4 is 0 Å². The van der Waals surface area contributed by atoms with Crippen LogP contribution in [0.1, 0.15) is 35.6 Å². The van der Waals surface area contributed by atoms with Gasteiger partial charge in [0.25, 0.3) is 0 Å². The highest BCUT2D eigenvalue weighted by Gasteiger charge is 2.27. The van der Waals surface area contributed by atoms with Gasteiger partial charge in [0.1, 0.15) is 12.4 Å². The smallest absolute Gasteiger partial charge is 0.242 e. The minimum Gasteiger partial charge on any atom is -0.339 e. The summed E-state index contributed by atoms with van der Waals surface area (Å²) in [7, 11) is 2.10. The molecule has 0 N–H and O–H groups in total. The number of halogens is 2. The van der Waals surface area contributed by atoms with Crippen molar-refractivity contribution in [3.05, 3.63) is 70.1 Å². The van der Waals surface area contributed by atoms with Crippen LogP contribution >= 0.6 is 11.6 Å². The van der Waals surface area contributed by atoms with Crippen molar-refractivity contribution in [2.24, 2.45) is 0 Å². The molecule has 0 spiro atoms. The SMILES string of the molecule is Cc1c(CN2CCC(c3c(F)cccc3Cl)CC2)c2ccccc2n1CC(=O)N1CCN(C)CC1. The van der Waals surface area contributed by atoms with Gasteiger partial charge in [-0.2, -0.15) is 0 Å². The van der Waals surface area contributed by atoms with E-state index in [4.69, 9.17) is 11.6 Å². The van der Waals surface area contributed by atoms with Crippen LogP contribution in [0.25, 0.3) is 10.9 Å². The molecule has 2 fully saturated rings. The number of para-hydroxylation sites is 1. The van der Waals surface area contributed by atoms with E-state index in [-0.39, 0.29) is 17.6 Å².